The lowest BCUT2D eigenvalue weighted by atomic mass is 10.1. The van der Waals surface area contributed by atoms with Crippen LogP contribution in [0.25, 0.3) is 23.0 Å². The summed E-state index contributed by atoms with van der Waals surface area (Å²) in [5, 5.41) is 4.60. The van der Waals surface area contributed by atoms with Crippen LogP contribution in [0.1, 0.15) is 11.3 Å². The number of imidazole rings is 1. The molecule has 4 rings (SSSR count). The van der Waals surface area contributed by atoms with E-state index in [1.807, 2.05) is 22.8 Å². The Kier molecular flexibility index (Phi) is 4.34. The van der Waals surface area contributed by atoms with Gasteiger partial charge in [0.2, 0.25) is 0 Å². The molecule has 0 radical (unpaired) electrons. The van der Waals surface area contributed by atoms with Crippen molar-refractivity contribution in [3.63, 3.8) is 0 Å². The van der Waals surface area contributed by atoms with Gasteiger partial charge in [0.15, 0.2) is 5.65 Å². The molecule has 128 valence electrons. The van der Waals surface area contributed by atoms with E-state index < -0.39 is 0 Å². The first-order valence-electron chi connectivity index (χ1n) is 8.70. The highest BCUT2D eigenvalue weighted by molar-refractivity contribution is 5.64. The SMILES string of the molecule is C=Cc1ccc2ncc(-c3cccc(CN4CCN(C)CC4)c3)n2n1. The molecule has 0 aliphatic carbocycles. The molecule has 3 heterocycles. The zero-order chi connectivity index (χ0) is 17.2. The second-order valence-corrected chi connectivity index (χ2v) is 6.66. The van der Waals surface area contributed by atoms with E-state index in [4.69, 9.17) is 0 Å². The number of hydrogen-bond acceptors (Lipinski definition) is 4. The van der Waals surface area contributed by atoms with Crippen molar-refractivity contribution in [1.29, 1.82) is 0 Å². The molecule has 25 heavy (non-hydrogen) atoms. The maximum absolute atomic E-state index is 4.60. The Morgan fingerprint density at radius 1 is 1.12 bits per heavy atom. The summed E-state index contributed by atoms with van der Waals surface area (Å²) in [6, 6.07) is 12.6. The molecule has 0 spiro atoms. The van der Waals surface area contributed by atoms with Crippen LogP contribution >= 0.6 is 0 Å². The largest absolute Gasteiger partial charge is 0.304 e. The van der Waals surface area contributed by atoms with E-state index in [0.29, 0.717) is 0 Å². The lowest BCUT2D eigenvalue weighted by molar-refractivity contribution is 0.148. The Labute approximate surface area is 148 Å². The molecule has 0 atom stereocenters. The summed E-state index contributed by atoms with van der Waals surface area (Å²) in [5.41, 5.74) is 5.19. The van der Waals surface area contributed by atoms with Crippen molar-refractivity contribution >= 4 is 11.7 Å². The molecule has 3 aromatic rings. The van der Waals surface area contributed by atoms with E-state index in [1.165, 1.54) is 5.56 Å². The van der Waals surface area contributed by atoms with Gasteiger partial charge in [-0.15, -0.1) is 0 Å². The number of likely N-dealkylation sites (N-methyl/N-ethyl adjacent to an activating group) is 1. The molecule has 1 aromatic carbocycles. The topological polar surface area (TPSA) is 36.7 Å². The van der Waals surface area contributed by atoms with Crippen LogP contribution in [0.5, 0.6) is 0 Å². The van der Waals surface area contributed by atoms with Gasteiger partial charge in [-0.3, -0.25) is 4.90 Å². The zero-order valence-electron chi connectivity index (χ0n) is 14.6. The maximum Gasteiger partial charge on any atom is 0.154 e. The first kappa shape index (κ1) is 16.0. The van der Waals surface area contributed by atoms with Crippen molar-refractivity contribution in [2.45, 2.75) is 6.54 Å². The zero-order valence-corrected chi connectivity index (χ0v) is 14.6. The molecule has 5 nitrogen and oxygen atoms in total. The fraction of sp³-hybridized carbons (Fsp3) is 0.300. The van der Waals surface area contributed by atoms with Crippen LogP contribution < -0.4 is 0 Å². The van der Waals surface area contributed by atoms with Gasteiger partial charge in [-0.2, -0.15) is 5.10 Å². The molecule has 1 aliphatic heterocycles. The summed E-state index contributed by atoms with van der Waals surface area (Å²) in [6.45, 7) is 9.32. The summed E-state index contributed by atoms with van der Waals surface area (Å²) < 4.78 is 1.89. The van der Waals surface area contributed by atoms with Crippen LogP contribution in [-0.2, 0) is 6.54 Å². The first-order valence-corrected chi connectivity index (χ1v) is 8.70. The Balaban J connectivity index is 1.62. The number of fused-ring (bicyclic) bond motifs is 1. The first-order chi connectivity index (χ1) is 12.2. The van der Waals surface area contributed by atoms with Gasteiger partial charge in [-0.1, -0.05) is 24.8 Å². The molecular formula is C20H23N5. The normalized spacial score (nSPS) is 16.4. The van der Waals surface area contributed by atoms with Gasteiger partial charge in [-0.25, -0.2) is 9.50 Å². The molecule has 1 saturated heterocycles. The maximum atomic E-state index is 4.60. The van der Waals surface area contributed by atoms with Crippen molar-refractivity contribution in [2.24, 2.45) is 0 Å². The van der Waals surface area contributed by atoms with Crippen molar-refractivity contribution in [3.8, 4) is 11.3 Å². The second-order valence-electron chi connectivity index (χ2n) is 6.66. The smallest absolute Gasteiger partial charge is 0.154 e. The Morgan fingerprint density at radius 2 is 1.96 bits per heavy atom. The molecule has 0 amide bonds. The third-order valence-corrected chi connectivity index (χ3v) is 4.82. The average Bonchev–Trinajstić information content (AvgIpc) is 3.07. The highest BCUT2D eigenvalue weighted by Crippen LogP contribution is 2.22. The molecule has 5 heteroatoms. The van der Waals surface area contributed by atoms with Crippen LogP contribution in [0.15, 0.2) is 49.2 Å². The van der Waals surface area contributed by atoms with Crippen molar-refractivity contribution in [1.82, 2.24) is 24.4 Å². The number of benzene rings is 1. The summed E-state index contributed by atoms with van der Waals surface area (Å²) in [4.78, 5) is 9.37. The molecule has 0 saturated carbocycles. The number of piperazine rings is 1. The molecule has 0 unspecified atom stereocenters. The molecule has 2 aromatic heterocycles. The van der Waals surface area contributed by atoms with Crippen LogP contribution in [-0.4, -0.2) is 57.6 Å². The molecule has 1 aliphatic rings. The van der Waals surface area contributed by atoms with E-state index in [0.717, 1.165) is 55.3 Å². The van der Waals surface area contributed by atoms with E-state index >= 15 is 0 Å². The highest BCUT2D eigenvalue weighted by atomic mass is 15.3. The number of rotatable bonds is 4. The van der Waals surface area contributed by atoms with Gasteiger partial charge in [-0.05, 0) is 36.9 Å². The highest BCUT2D eigenvalue weighted by Gasteiger charge is 2.14. The monoisotopic (exact) mass is 333 g/mol. The Bertz CT molecular complexity index is 890. The molecule has 0 bridgehead atoms. The lowest BCUT2D eigenvalue weighted by Gasteiger charge is -2.32. The van der Waals surface area contributed by atoms with Crippen molar-refractivity contribution in [2.75, 3.05) is 33.2 Å². The van der Waals surface area contributed by atoms with Crippen LogP contribution in [0.3, 0.4) is 0 Å². The minimum atomic E-state index is 0.848. The van der Waals surface area contributed by atoms with Gasteiger partial charge < -0.3 is 4.90 Å². The van der Waals surface area contributed by atoms with Gasteiger partial charge in [0, 0.05) is 38.3 Å². The third-order valence-electron chi connectivity index (χ3n) is 4.82. The predicted octanol–water partition coefficient (Wildman–Crippen LogP) is 2.79. The van der Waals surface area contributed by atoms with E-state index in [1.54, 1.807) is 6.08 Å². The third kappa shape index (κ3) is 3.34. The number of nitrogens with zero attached hydrogens (tertiary/aromatic N) is 5. The fourth-order valence-corrected chi connectivity index (χ4v) is 3.29. The second kappa shape index (κ2) is 6.78. The Hall–Kier alpha value is -2.50. The van der Waals surface area contributed by atoms with Crippen LogP contribution in [0.4, 0.5) is 0 Å². The van der Waals surface area contributed by atoms with E-state index in [9.17, 15) is 0 Å². The van der Waals surface area contributed by atoms with E-state index in [-0.39, 0.29) is 0 Å². The number of aromatic nitrogens is 3. The van der Waals surface area contributed by atoms with Gasteiger partial charge >= 0.3 is 0 Å². The van der Waals surface area contributed by atoms with Crippen LogP contribution in [0, 0.1) is 0 Å². The molecule has 0 N–H and O–H groups in total. The number of hydrogen-bond donors (Lipinski definition) is 0. The van der Waals surface area contributed by atoms with Crippen LogP contribution in [0.2, 0.25) is 0 Å². The van der Waals surface area contributed by atoms with Gasteiger partial charge in [0.25, 0.3) is 0 Å². The summed E-state index contributed by atoms with van der Waals surface area (Å²) in [7, 11) is 2.19. The standard InChI is InChI=1S/C20H23N5/c1-3-18-7-8-20-21-14-19(25(20)22-18)17-6-4-5-16(13-17)15-24-11-9-23(2)10-12-24/h3-8,13-14H,1,9-12,15H2,2H3. The van der Waals surface area contributed by atoms with Crippen molar-refractivity contribution in [3.05, 3.63) is 60.4 Å². The summed E-state index contributed by atoms with van der Waals surface area (Å²) in [6.07, 6.45) is 3.65. The molecule has 1 fully saturated rings. The quantitative estimate of drug-likeness (QED) is 0.736. The fourth-order valence-electron chi connectivity index (χ4n) is 3.29. The lowest BCUT2D eigenvalue weighted by Crippen LogP contribution is -2.43. The summed E-state index contributed by atoms with van der Waals surface area (Å²) >= 11 is 0. The molecular weight excluding hydrogens is 310 g/mol. The predicted molar refractivity (Wildman–Crippen MR) is 101 cm³/mol. The minimum absolute atomic E-state index is 0.848. The average molecular weight is 333 g/mol. The van der Waals surface area contributed by atoms with Crippen molar-refractivity contribution < 1.29 is 0 Å². The Morgan fingerprint density at radius 3 is 2.76 bits per heavy atom. The van der Waals surface area contributed by atoms with Gasteiger partial charge in [0.1, 0.15) is 0 Å². The minimum Gasteiger partial charge on any atom is -0.304 e. The summed E-state index contributed by atoms with van der Waals surface area (Å²) in [5.74, 6) is 0. The van der Waals surface area contributed by atoms with Gasteiger partial charge in [0.05, 0.1) is 17.6 Å². The van der Waals surface area contributed by atoms with E-state index in [2.05, 4.69) is 57.8 Å².